The van der Waals surface area contributed by atoms with Crippen LogP contribution >= 0.6 is 11.3 Å². The predicted octanol–water partition coefficient (Wildman–Crippen LogP) is 6.75. The van der Waals surface area contributed by atoms with Gasteiger partial charge in [0, 0.05) is 16.8 Å². The molecule has 1 aromatic heterocycles. The van der Waals surface area contributed by atoms with E-state index in [0.29, 0.717) is 5.92 Å². The lowest BCUT2D eigenvalue weighted by molar-refractivity contribution is 0.102. The van der Waals surface area contributed by atoms with E-state index in [1.54, 1.807) is 11.3 Å². The Morgan fingerprint density at radius 3 is 2.48 bits per heavy atom. The van der Waals surface area contributed by atoms with Crippen molar-refractivity contribution in [3.63, 3.8) is 0 Å². The van der Waals surface area contributed by atoms with Gasteiger partial charge in [-0.15, -0.1) is 11.3 Å². The summed E-state index contributed by atoms with van der Waals surface area (Å²) in [6, 6.07) is 18.1. The molecule has 148 valence electrons. The summed E-state index contributed by atoms with van der Waals surface area (Å²) < 4.78 is 0. The number of nitrogens with zero attached hydrogens (tertiary/aromatic N) is 1. The van der Waals surface area contributed by atoms with Crippen LogP contribution in [0.25, 0.3) is 0 Å². The first kappa shape index (κ1) is 19.6. The molecular weight excluding hydrogens is 376 g/mol. The van der Waals surface area contributed by atoms with E-state index < -0.39 is 0 Å². The molecule has 0 radical (unpaired) electrons. The average molecular weight is 403 g/mol. The van der Waals surface area contributed by atoms with Gasteiger partial charge in [-0.1, -0.05) is 56.3 Å². The fraction of sp³-hybridized carbons (Fsp3) is 0.280. The Labute approximate surface area is 176 Å². The highest BCUT2D eigenvalue weighted by Crippen LogP contribution is 2.40. The number of rotatable bonds is 5. The summed E-state index contributed by atoms with van der Waals surface area (Å²) in [6.07, 6.45) is 6.20. The SMILES string of the molecule is CC(C)c1ccc(C=Nc2sc3c(c2C(=O)Nc2ccccc2)CCCC3)cc1. The number of para-hydroxylation sites is 1. The van der Waals surface area contributed by atoms with Crippen molar-refractivity contribution in [2.24, 2.45) is 4.99 Å². The van der Waals surface area contributed by atoms with Crippen LogP contribution in [0.5, 0.6) is 0 Å². The lowest BCUT2D eigenvalue weighted by atomic mass is 9.95. The van der Waals surface area contributed by atoms with Gasteiger partial charge in [0.05, 0.1) is 5.56 Å². The van der Waals surface area contributed by atoms with Gasteiger partial charge in [-0.25, -0.2) is 4.99 Å². The molecule has 1 aliphatic rings. The summed E-state index contributed by atoms with van der Waals surface area (Å²) in [4.78, 5) is 19.2. The molecule has 4 rings (SSSR count). The third-order valence-electron chi connectivity index (χ3n) is 5.35. The summed E-state index contributed by atoms with van der Waals surface area (Å²) in [5.74, 6) is 0.455. The zero-order chi connectivity index (χ0) is 20.2. The second kappa shape index (κ2) is 8.75. The number of nitrogens with one attached hydrogen (secondary N) is 1. The first-order chi connectivity index (χ1) is 14.1. The summed E-state index contributed by atoms with van der Waals surface area (Å²) in [6.45, 7) is 4.38. The normalized spacial score (nSPS) is 13.6. The number of thiophene rings is 1. The highest BCUT2D eigenvalue weighted by molar-refractivity contribution is 7.16. The number of hydrogen-bond acceptors (Lipinski definition) is 3. The second-order valence-electron chi connectivity index (χ2n) is 7.79. The average Bonchev–Trinajstić information content (AvgIpc) is 3.12. The molecule has 1 amide bonds. The molecule has 1 heterocycles. The number of carbonyl (C=O) groups is 1. The molecule has 0 unspecified atom stereocenters. The van der Waals surface area contributed by atoms with Crippen LogP contribution < -0.4 is 5.32 Å². The monoisotopic (exact) mass is 402 g/mol. The first-order valence-corrected chi connectivity index (χ1v) is 11.1. The van der Waals surface area contributed by atoms with E-state index in [1.807, 2.05) is 36.5 Å². The molecule has 0 saturated heterocycles. The summed E-state index contributed by atoms with van der Waals surface area (Å²) in [5, 5.41) is 3.86. The topological polar surface area (TPSA) is 41.5 Å². The molecule has 3 nitrogen and oxygen atoms in total. The molecule has 0 saturated carbocycles. The molecule has 0 aliphatic heterocycles. The Hall–Kier alpha value is -2.72. The van der Waals surface area contributed by atoms with Gasteiger partial charge in [0.1, 0.15) is 5.00 Å². The molecular formula is C25H26N2OS. The lowest BCUT2D eigenvalue weighted by Crippen LogP contribution is -2.14. The van der Waals surface area contributed by atoms with E-state index in [-0.39, 0.29) is 5.91 Å². The maximum Gasteiger partial charge on any atom is 0.259 e. The van der Waals surface area contributed by atoms with E-state index in [0.717, 1.165) is 41.1 Å². The van der Waals surface area contributed by atoms with E-state index in [4.69, 9.17) is 4.99 Å². The van der Waals surface area contributed by atoms with E-state index in [9.17, 15) is 4.79 Å². The van der Waals surface area contributed by atoms with Crippen LogP contribution in [0.15, 0.2) is 59.6 Å². The van der Waals surface area contributed by atoms with Crippen molar-refractivity contribution in [3.05, 3.63) is 81.7 Å². The Morgan fingerprint density at radius 1 is 1.03 bits per heavy atom. The second-order valence-corrected chi connectivity index (χ2v) is 8.87. The Balaban J connectivity index is 1.64. The quantitative estimate of drug-likeness (QED) is 0.471. The molecule has 0 fully saturated rings. The van der Waals surface area contributed by atoms with Crippen molar-refractivity contribution in [1.82, 2.24) is 0 Å². The maximum absolute atomic E-state index is 13.1. The molecule has 2 aromatic carbocycles. The molecule has 1 N–H and O–H groups in total. The van der Waals surface area contributed by atoms with Crippen LogP contribution in [-0.2, 0) is 12.8 Å². The Morgan fingerprint density at radius 2 is 1.76 bits per heavy atom. The number of aryl methyl sites for hydroxylation is 1. The summed E-state index contributed by atoms with van der Waals surface area (Å²) >= 11 is 1.67. The van der Waals surface area contributed by atoms with Crippen LogP contribution in [0, 0.1) is 0 Å². The van der Waals surface area contributed by atoms with E-state index >= 15 is 0 Å². The van der Waals surface area contributed by atoms with Gasteiger partial charge in [-0.2, -0.15) is 0 Å². The summed E-state index contributed by atoms with van der Waals surface area (Å²) in [7, 11) is 0. The first-order valence-electron chi connectivity index (χ1n) is 10.3. The number of benzene rings is 2. The van der Waals surface area contributed by atoms with Crippen molar-refractivity contribution >= 4 is 34.1 Å². The van der Waals surface area contributed by atoms with Gasteiger partial charge in [0.25, 0.3) is 5.91 Å². The number of fused-ring (bicyclic) bond motifs is 1. The number of anilines is 1. The molecule has 1 aliphatic carbocycles. The minimum atomic E-state index is -0.0575. The number of aliphatic imine (C=N–C) groups is 1. The number of carbonyl (C=O) groups excluding carboxylic acids is 1. The molecule has 0 atom stereocenters. The maximum atomic E-state index is 13.1. The van der Waals surface area contributed by atoms with Crippen molar-refractivity contribution in [1.29, 1.82) is 0 Å². The molecule has 29 heavy (non-hydrogen) atoms. The third kappa shape index (κ3) is 4.48. The van der Waals surface area contributed by atoms with Gasteiger partial charge in [0.2, 0.25) is 0 Å². The van der Waals surface area contributed by atoms with Gasteiger partial charge in [-0.05, 0) is 60.4 Å². The van der Waals surface area contributed by atoms with Crippen LogP contribution in [0.2, 0.25) is 0 Å². The zero-order valence-corrected chi connectivity index (χ0v) is 17.8. The van der Waals surface area contributed by atoms with Crippen LogP contribution in [0.1, 0.15) is 64.5 Å². The molecule has 0 spiro atoms. The molecule has 3 aromatic rings. The van der Waals surface area contributed by atoms with Gasteiger partial charge >= 0.3 is 0 Å². The Bertz CT molecular complexity index is 1020. The van der Waals surface area contributed by atoms with Crippen LogP contribution in [0.3, 0.4) is 0 Å². The highest BCUT2D eigenvalue weighted by atomic mass is 32.1. The molecule has 4 heteroatoms. The van der Waals surface area contributed by atoms with Crippen molar-refractivity contribution in [2.75, 3.05) is 5.32 Å². The number of hydrogen-bond donors (Lipinski definition) is 1. The van der Waals surface area contributed by atoms with Crippen molar-refractivity contribution < 1.29 is 4.79 Å². The van der Waals surface area contributed by atoms with Crippen molar-refractivity contribution in [3.8, 4) is 0 Å². The minimum Gasteiger partial charge on any atom is -0.322 e. The minimum absolute atomic E-state index is 0.0575. The number of amides is 1. The smallest absolute Gasteiger partial charge is 0.259 e. The highest BCUT2D eigenvalue weighted by Gasteiger charge is 2.25. The fourth-order valence-electron chi connectivity index (χ4n) is 3.69. The lowest BCUT2D eigenvalue weighted by Gasteiger charge is -2.12. The largest absolute Gasteiger partial charge is 0.322 e. The predicted molar refractivity (Wildman–Crippen MR) is 123 cm³/mol. The van der Waals surface area contributed by atoms with E-state index in [1.165, 1.54) is 22.4 Å². The Kier molecular flexibility index (Phi) is 5.91. The molecule has 0 bridgehead atoms. The third-order valence-corrected chi connectivity index (χ3v) is 6.55. The van der Waals surface area contributed by atoms with Gasteiger partial charge in [-0.3, -0.25) is 4.79 Å². The van der Waals surface area contributed by atoms with E-state index in [2.05, 4.69) is 43.4 Å². The standard InChI is InChI=1S/C25H26N2OS/c1-17(2)19-14-12-18(13-15-19)16-26-25-23(21-10-6-7-11-22(21)29-25)24(28)27-20-8-4-3-5-9-20/h3-5,8-9,12-17H,6-7,10-11H2,1-2H3,(H,27,28). The van der Waals surface area contributed by atoms with Crippen molar-refractivity contribution in [2.45, 2.75) is 45.4 Å². The zero-order valence-electron chi connectivity index (χ0n) is 16.9. The van der Waals surface area contributed by atoms with Gasteiger partial charge < -0.3 is 5.32 Å². The fourth-order valence-corrected chi connectivity index (χ4v) is 4.92. The summed E-state index contributed by atoms with van der Waals surface area (Å²) in [5.41, 5.74) is 5.12. The van der Waals surface area contributed by atoms with Crippen LogP contribution in [-0.4, -0.2) is 12.1 Å². The van der Waals surface area contributed by atoms with Crippen LogP contribution in [0.4, 0.5) is 10.7 Å². The van der Waals surface area contributed by atoms with Gasteiger partial charge in [0.15, 0.2) is 0 Å².